The highest BCUT2D eigenvalue weighted by atomic mass is 16.6. The normalized spacial score (nSPS) is 16.4. The fraction of sp³-hybridized carbons (Fsp3) is 0.458. The quantitative estimate of drug-likeness (QED) is 0.460. The van der Waals surface area contributed by atoms with Crippen LogP contribution in [0.2, 0.25) is 0 Å². The Balaban J connectivity index is 1.67. The van der Waals surface area contributed by atoms with Crippen molar-refractivity contribution in [1.29, 1.82) is 0 Å². The number of carbonyl (C=O) groups is 1. The lowest BCUT2D eigenvalue weighted by Gasteiger charge is -2.33. The first-order valence-electron chi connectivity index (χ1n) is 11.0. The predicted molar refractivity (Wildman–Crippen MR) is 122 cm³/mol. The van der Waals surface area contributed by atoms with Crippen LogP contribution >= 0.6 is 0 Å². The fourth-order valence-electron chi connectivity index (χ4n) is 3.98. The number of methoxy groups -OCH3 is 1. The van der Waals surface area contributed by atoms with E-state index in [4.69, 9.17) is 9.47 Å². The summed E-state index contributed by atoms with van der Waals surface area (Å²) in [6.07, 6.45) is 3.79. The molecule has 0 radical (unpaired) electrons. The van der Waals surface area contributed by atoms with Crippen molar-refractivity contribution >= 4 is 11.6 Å². The Hall–Kier alpha value is -3.13. The molecule has 0 bridgehead atoms. The number of likely N-dealkylation sites (tertiary alicyclic amines) is 1. The van der Waals surface area contributed by atoms with Crippen molar-refractivity contribution in [2.75, 3.05) is 20.3 Å². The van der Waals surface area contributed by atoms with Crippen LogP contribution in [0.25, 0.3) is 0 Å². The summed E-state index contributed by atoms with van der Waals surface area (Å²) in [7, 11) is 1.40. The minimum Gasteiger partial charge on any atom is -0.493 e. The molecule has 172 valence electrons. The first-order valence-corrected chi connectivity index (χ1v) is 11.0. The molecule has 1 saturated heterocycles. The number of hydrogen-bond acceptors (Lipinski definition) is 6. The Morgan fingerprint density at radius 1 is 1.19 bits per heavy atom. The lowest BCUT2D eigenvalue weighted by molar-refractivity contribution is -0.385. The van der Waals surface area contributed by atoms with E-state index < -0.39 is 10.8 Å². The molecule has 8 nitrogen and oxygen atoms in total. The number of nitro groups is 1. The van der Waals surface area contributed by atoms with Crippen molar-refractivity contribution in [2.45, 2.75) is 52.2 Å². The first kappa shape index (κ1) is 23.5. The third-order valence-electron chi connectivity index (χ3n) is 5.83. The van der Waals surface area contributed by atoms with Crippen LogP contribution in [0.1, 0.15) is 54.6 Å². The number of piperidine rings is 1. The summed E-state index contributed by atoms with van der Waals surface area (Å²) >= 11 is 0. The monoisotopic (exact) mass is 441 g/mol. The molecular weight excluding hydrogens is 410 g/mol. The fourth-order valence-corrected chi connectivity index (χ4v) is 3.98. The smallest absolute Gasteiger partial charge is 0.286 e. The Bertz CT molecular complexity index is 945. The molecule has 1 aliphatic rings. The van der Waals surface area contributed by atoms with Crippen molar-refractivity contribution in [3.63, 3.8) is 0 Å². The number of nitrogens with one attached hydrogen (secondary N) is 1. The molecular formula is C24H31N3O5. The highest BCUT2D eigenvalue weighted by Gasteiger charge is 2.24. The maximum Gasteiger partial charge on any atom is 0.286 e. The SMILES string of the molecule is CCOc1cc(C(=O)NCc2ccc(CN3CCCC[C@H]3C)cc2)c([N+](=O)[O-])cc1OC. The molecule has 1 heterocycles. The van der Waals surface area contributed by atoms with E-state index in [-0.39, 0.29) is 23.5 Å². The molecule has 1 aliphatic heterocycles. The van der Waals surface area contributed by atoms with Gasteiger partial charge in [-0.15, -0.1) is 0 Å². The zero-order chi connectivity index (χ0) is 23.1. The van der Waals surface area contributed by atoms with Crippen LogP contribution in [-0.2, 0) is 13.1 Å². The number of benzene rings is 2. The van der Waals surface area contributed by atoms with E-state index in [0.29, 0.717) is 18.4 Å². The first-order chi connectivity index (χ1) is 15.4. The number of nitro benzene ring substituents is 1. The summed E-state index contributed by atoms with van der Waals surface area (Å²) in [5.41, 5.74) is 1.78. The summed E-state index contributed by atoms with van der Waals surface area (Å²) in [5.74, 6) is -0.0257. The van der Waals surface area contributed by atoms with Gasteiger partial charge in [-0.2, -0.15) is 0 Å². The molecule has 1 N–H and O–H groups in total. The van der Waals surface area contributed by atoms with E-state index in [9.17, 15) is 14.9 Å². The summed E-state index contributed by atoms with van der Waals surface area (Å²) in [6, 6.07) is 11.3. The number of rotatable bonds is 9. The second-order valence-electron chi connectivity index (χ2n) is 8.02. The van der Waals surface area contributed by atoms with Gasteiger partial charge >= 0.3 is 0 Å². The number of hydrogen-bond donors (Lipinski definition) is 1. The molecule has 0 aliphatic carbocycles. The summed E-state index contributed by atoms with van der Waals surface area (Å²) < 4.78 is 10.6. The van der Waals surface area contributed by atoms with Gasteiger partial charge in [0.05, 0.1) is 24.7 Å². The topological polar surface area (TPSA) is 93.9 Å². The van der Waals surface area contributed by atoms with Gasteiger partial charge in [0.25, 0.3) is 11.6 Å². The molecule has 0 saturated carbocycles. The van der Waals surface area contributed by atoms with Crippen LogP contribution in [0.4, 0.5) is 5.69 Å². The molecule has 2 aromatic carbocycles. The Morgan fingerprint density at radius 2 is 1.91 bits per heavy atom. The van der Waals surface area contributed by atoms with Crippen LogP contribution in [0.5, 0.6) is 11.5 Å². The largest absolute Gasteiger partial charge is 0.493 e. The zero-order valence-corrected chi connectivity index (χ0v) is 18.9. The predicted octanol–water partition coefficient (Wildman–Crippen LogP) is 4.31. The zero-order valence-electron chi connectivity index (χ0n) is 18.9. The molecule has 0 aromatic heterocycles. The van der Waals surface area contributed by atoms with Gasteiger partial charge in [0.15, 0.2) is 11.5 Å². The molecule has 0 spiro atoms. The average molecular weight is 442 g/mol. The van der Waals surface area contributed by atoms with Gasteiger partial charge in [-0.1, -0.05) is 30.7 Å². The van der Waals surface area contributed by atoms with E-state index in [1.54, 1.807) is 6.92 Å². The van der Waals surface area contributed by atoms with Gasteiger partial charge in [0, 0.05) is 25.2 Å². The molecule has 32 heavy (non-hydrogen) atoms. The molecule has 8 heteroatoms. The molecule has 1 atom stereocenters. The lowest BCUT2D eigenvalue weighted by Crippen LogP contribution is -2.36. The minimum absolute atomic E-state index is 0.0602. The number of carbonyl (C=O) groups excluding carboxylic acids is 1. The highest BCUT2D eigenvalue weighted by Crippen LogP contribution is 2.34. The summed E-state index contributed by atoms with van der Waals surface area (Å²) in [4.78, 5) is 26.1. The Kier molecular flexibility index (Phi) is 8.05. The molecule has 2 aromatic rings. The van der Waals surface area contributed by atoms with Gasteiger partial charge in [0.1, 0.15) is 5.56 Å². The van der Waals surface area contributed by atoms with Crippen LogP contribution in [0.3, 0.4) is 0 Å². The Labute approximate surface area is 188 Å². The van der Waals surface area contributed by atoms with Crippen molar-refractivity contribution in [3.8, 4) is 11.5 Å². The van der Waals surface area contributed by atoms with Gasteiger partial charge in [-0.3, -0.25) is 19.8 Å². The number of nitrogens with zero attached hydrogens (tertiary/aromatic N) is 2. The Morgan fingerprint density at radius 3 is 2.53 bits per heavy atom. The maximum absolute atomic E-state index is 12.7. The standard InChI is InChI=1S/C24H31N3O5/c1-4-32-23-13-20(21(27(29)30)14-22(23)31-3)24(28)25-15-18-8-10-19(11-9-18)16-26-12-6-5-7-17(26)2/h8-11,13-14,17H,4-7,12,15-16H2,1-3H3,(H,25,28)/t17-/m1/s1. The van der Waals surface area contributed by atoms with E-state index >= 15 is 0 Å². The van der Waals surface area contributed by atoms with Crippen molar-refractivity contribution in [1.82, 2.24) is 10.2 Å². The van der Waals surface area contributed by atoms with Gasteiger partial charge in [-0.25, -0.2) is 0 Å². The number of ether oxygens (including phenoxy) is 2. The van der Waals surface area contributed by atoms with Gasteiger partial charge < -0.3 is 14.8 Å². The van der Waals surface area contributed by atoms with Crippen LogP contribution < -0.4 is 14.8 Å². The third-order valence-corrected chi connectivity index (χ3v) is 5.83. The maximum atomic E-state index is 12.7. The van der Waals surface area contributed by atoms with Gasteiger partial charge in [0.2, 0.25) is 0 Å². The van der Waals surface area contributed by atoms with E-state index in [2.05, 4.69) is 29.3 Å². The summed E-state index contributed by atoms with van der Waals surface area (Å²) in [6.45, 7) is 6.73. The lowest BCUT2D eigenvalue weighted by atomic mass is 10.0. The van der Waals surface area contributed by atoms with Crippen LogP contribution in [0, 0.1) is 10.1 Å². The van der Waals surface area contributed by atoms with E-state index in [1.807, 2.05) is 12.1 Å². The molecule has 0 unspecified atom stereocenters. The van der Waals surface area contributed by atoms with Crippen molar-refractivity contribution in [3.05, 3.63) is 63.2 Å². The molecule has 3 rings (SSSR count). The second kappa shape index (κ2) is 10.9. The average Bonchev–Trinajstić information content (AvgIpc) is 2.79. The summed E-state index contributed by atoms with van der Waals surface area (Å²) in [5, 5.41) is 14.3. The van der Waals surface area contributed by atoms with E-state index in [1.165, 1.54) is 44.1 Å². The molecule has 1 amide bonds. The van der Waals surface area contributed by atoms with Crippen LogP contribution in [0.15, 0.2) is 36.4 Å². The third kappa shape index (κ3) is 5.76. The molecule has 1 fully saturated rings. The second-order valence-corrected chi connectivity index (χ2v) is 8.02. The van der Waals surface area contributed by atoms with E-state index in [0.717, 1.165) is 18.7 Å². The van der Waals surface area contributed by atoms with Crippen LogP contribution in [-0.4, -0.2) is 42.0 Å². The highest BCUT2D eigenvalue weighted by molar-refractivity contribution is 5.99. The van der Waals surface area contributed by atoms with Crippen molar-refractivity contribution in [2.24, 2.45) is 0 Å². The van der Waals surface area contributed by atoms with Gasteiger partial charge in [-0.05, 0) is 44.4 Å². The van der Waals surface area contributed by atoms with Crippen molar-refractivity contribution < 1.29 is 19.2 Å². The minimum atomic E-state index is -0.594. The number of amides is 1.